The predicted octanol–water partition coefficient (Wildman–Crippen LogP) is 4.38. The third-order valence-electron chi connectivity index (χ3n) is 5.38. The average Bonchev–Trinajstić information content (AvgIpc) is 3.47. The molecule has 0 aliphatic carbocycles. The van der Waals surface area contributed by atoms with Crippen LogP contribution >= 0.6 is 0 Å². The van der Waals surface area contributed by atoms with Gasteiger partial charge in [-0.15, -0.1) is 5.10 Å². The largest absolute Gasteiger partial charge is 0.508 e. The van der Waals surface area contributed by atoms with Crippen molar-refractivity contribution in [3.05, 3.63) is 83.9 Å². The third kappa shape index (κ3) is 2.72. The van der Waals surface area contributed by atoms with Crippen LogP contribution in [0.3, 0.4) is 0 Å². The van der Waals surface area contributed by atoms with Crippen LogP contribution in [0.15, 0.2) is 71.6 Å². The van der Waals surface area contributed by atoms with Crippen LogP contribution in [0, 0.1) is 0 Å². The molecule has 2 aromatic carbocycles. The summed E-state index contributed by atoms with van der Waals surface area (Å²) in [7, 11) is 1.64. The fourth-order valence-corrected chi connectivity index (χ4v) is 3.96. The van der Waals surface area contributed by atoms with Crippen molar-refractivity contribution in [3.8, 4) is 34.7 Å². The highest BCUT2D eigenvalue weighted by Gasteiger charge is 2.33. The molecule has 8 nitrogen and oxygen atoms in total. The van der Waals surface area contributed by atoms with E-state index in [0.717, 1.165) is 22.4 Å². The predicted molar refractivity (Wildman–Crippen MR) is 111 cm³/mol. The number of methoxy groups -OCH3 is 1. The van der Waals surface area contributed by atoms with Crippen LogP contribution < -0.4 is 9.47 Å². The van der Waals surface area contributed by atoms with Crippen LogP contribution in [0.2, 0.25) is 0 Å². The van der Waals surface area contributed by atoms with E-state index in [-0.39, 0.29) is 11.7 Å². The molecule has 0 amide bonds. The quantitative estimate of drug-likeness (QED) is 0.461. The van der Waals surface area contributed by atoms with Crippen molar-refractivity contribution in [2.45, 2.75) is 5.92 Å². The second-order valence-electron chi connectivity index (χ2n) is 7.17. The van der Waals surface area contributed by atoms with Crippen LogP contribution in [0.4, 0.5) is 0 Å². The molecule has 1 aliphatic heterocycles. The maximum absolute atomic E-state index is 9.99. The maximum Gasteiger partial charge on any atom is 0.228 e. The minimum absolute atomic E-state index is 0.124. The summed E-state index contributed by atoms with van der Waals surface area (Å²) in [6.45, 7) is 0. The van der Waals surface area contributed by atoms with E-state index >= 15 is 0 Å². The molecule has 4 heterocycles. The second kappa shape index (κ2) is 6.60. The van der Waals surface area contributed by atoms with Gasteiger partial charge in [-0.25, -0.2) is 14.5 Å². The van der Waals surface area contributed by atoms with Gasteiger partial charge in [-0.1, -0.05) is 18.2 Å². The van der Waals surface area contributed by atoms with Gasteiger partial charge in [0.15, 0.2) is 11.4 Å². The van der Waals surface area contributed by atoms with Crippen molar-refractivity contribution >= 4 is 5.65 Å². The molecule has 5 aromatic rings. The van der Waals surface area contributed by atoms with Crippen molar-refractivity contribution in [2.75, 3.05) is 7.11 Å². The average molecular weight is 412 g/mol. The van der Waals surface area contributed by atoms with E-state index in [2.05, 4.69) is 10.1 Å². The molecule has 6 rings (SSSR count). The zero-order valence-electron chi connectivity index (χ0n) is 16.4. The summed E-state index contributed by atoms with van der Waals surface area (Å²) in [4.78, 5) is 9.21. The van der Waals surface area contributed by atoms with Gasteiger partial charge in [0.25, 0.3) is 0 Å². The van der Waals surface area contributed by atoms with E-state index in [1.807, 2.05) is 36.4 Å². The van der Waals surface area contributed by atoms with Gasteiger partial charge in [0.05, 0.1) is 18.9 Å². The van der Waals surface area contributed by atoms with Gasteiger partial charge in [-0.2, -0.15) is 0 Å². The highest BCUT2D eigenvalue weighted by atomic mass is 16.5. The number of hydrogen-bond donors (Lipinski definition) is 1. The zero-order chi connectivity index (χ0) is 20.9. The summed E-state index contributed by atoms with van der Waals surface area (Å²) < 4.78 is 18.5. The number of fused-ring (bicyclic) bond motifs is 4. The number of aromatic hydroxyl groups is 1. The topological polar surface area (TPSA) is 94.9 Å². The minimum Gasteiger partial charge on any atom is -0.508 e. The molecule has 0 fully saturated rings. The van der Waals surface area contributed by atoms with Gasteiger partial charge in [0.1, 0.15) is 23.6 Å². The molecule has 0 saturated carbocycles. The number of hydrogen-bond acceptors (Lipinski definition) is 7. The number of phenolic OH excluding ortho intramolecular Hbond substituents is 1. The maximum atomic E-state index is 9.99. The Labute approximate surface area is 176 Å². The van der Waals surface area contributed by atoms with Crippen LogP contribution in [0.1, 0.15) is 22.6 Å². The van der Waals surface area contributed by atoms with E-state index in [4.69, 9.17) is 18.9 Å². The van der Waals surface area contributed by atoms with Crippen LogP contribution in [0.25, 0.3) is 17.2 Å². The molecule has 31 heavy (non-hydrogen) atoms. The lowest BCUT2D eigenvalue weighted by molar-refractivity contribution is 0.414. The fraction of sp³-hybridized carbons (Fsp3) is 0.0870. The Bertz CT molecular complexity index is 1410. The first kappa shape index (κ1) is 17.5. The van der Waals surface area contributed by atoms with Crippen LogP contribution in [-0.4, -0.2) is 31.8 Å². The van der Waals surface area contributed by atoms with Crippen LogP contribution in [-0.2, 0) is 0 Å². The molecule has 0 saturated heterocycles. The number of rotatable bonds is 3. The molecule has 1 unspecified atom stereocenters. The lowest BCUT2D eigenvalue weighted by Crippen LogP contribution is -2.15. The smallest absolute Gasteiger partial charge is 0.228 e. The van der Waals surface area contributed by atoms with Gasteiger partial charge in [-0.3, -0.25) is 0 Å². The zero-order valence-corrected chi connectivity index (χ0v) is 16.4. The molecule has 0 spiro atoms. The van der Waals surface area contributed by atoms with E-state index in [1.54, 1.807) is 42.4 Å². The number of benzene rings is 2. The minimum atomic E-state index is -0.227. The molecule has 1 N–H and O–H groups in total. The molecule has 0 radical (unpaired) electrons. The summed E-state index contributed by atoms with van der Waals surface area (Å²) in [6, 6.07) is 16.5. The van der Waals surface area contributed by atoms with E-state index in [9.17, 15) is 5.11 Å². The molecule has 0 bridgehead atoms. The summed E-state index contributed by atoms with van der Waals surface area (Å²) >= 11 is 0. The SMILES string of the molecule is COc1ccc(C2c3ccc(O)cc3Oc3ncn4nc(-c5ccco5)nc4c32)cc1. The Morgan fingerprint density at radius 2 is 1.97 bits per heavy atom. The third-order valence-corrected chi connectivity index (χ3v) is 5.38. The van der Waals surface area contributed by atoms with Gasteiger partial charge in [0, 0.05) is 17.5 Å². The highest BCUT2D eigenvalue weighted by molar-refractivity contribution is 5.68. The Kier molecular flexibility index (Phi) is 3.73. The second-order valence-corrected chi connectivity index (χ2v) is 7.17. The van der Waals surface area contributed by atoms with Crippen molar-refractivity contribution < 1.29 is 19.0 Å². The first-order valence-corrected chi connectivity index (χ1v) is 9.65. The Morgan fingerprint density at radius 1 is 1.10 bits per heavy atom. The first-order valence-electron chi connectivity index (χ1n) is 9.65. The standard InChI is InChI=1S/C23H16N4O4/c1-29-15-7-4-13(5-8-15)19-16-9-6-14(28)11-18(16)31-23-20(19)22-25-21(17-3-2-10-30-17)26-27(22)12-24-23/h2-12,19,28H,1H3. The van der Waals surface area contributed by atoms with Crippen molar-refractivity contribution in [1.29, 1.82) is 0 Å². The highest BCUT2D eigenvalue weighted by Crippen LogP contribution is 2.48. The van der Waals surface area contributed by atoms with Gasteiger partial charge < -0.3 is 19.0 Å². The molecular weight excluding hydrogens is 396 g/mol. The molecular formula is C23H16N4O4. The summed E-state index contributed by atoms with van der Waals surface area (Å²) in [5, 5.41) is 14.5. The van der Waals surface area contributed by atoms with Gasteiger partial charge in [0.2, 0.25) is 11.7 Å². The van der Waals surface area contributed by atoms with Crippen molar-refractivity contribution in [1.82, 2.24) is 19.6 Å². The number of phenols is 1. The fourth-order valence-electron chi connectivity index (χ4n) is 3.96. The number of aromatic nitrogens is 4. The normalized spacial score (nSPS) is 14.7. The molecule has 152 valence electrons. The van der Waals surface area contributed by atoms with Crippen molar-refractivity contribution in [3.63, 3.8) is 0 Å². The van der Waals surface area contributed by atoms with Gasteiger partial charge >= 0.3 is 0 Å². The summed E-state index contributed by atoms with van der Waals surface area (Å²) in [6.07, 6.45) is 3.15. The Balaban J connectivity index is 1.61. The Hall–Kier alpha value is -4.33. The van der Waals surface area contributed by atoms with E-state index in [0.29, 0.717) is 28.9 Å². The number of furan rings is 1. The summed E-state index contributed by atoms with van der Waals surface area (Å²) in [5.41, 5.74) is 3.31. The van der Waals surface area contributed by atoms with Crippen LogP contribution in [0.5, 0.6) is 23.1 Å². The van der Waals surface area contributed by atoms with E-state index in [1.165, 1.54) is 0 Å². The van der Waals surface area contributed by atoms with E-state index < -0.39 is 0 Å². The molecule has 1 atom stereocenters. The molecule has 8 heteroatoms. The molecule has 3 aromatic heterocycles. The lowest BCUT2D eigenvalue weighted by atomic mass is 9.84. The van der Waals surface area contributed by atoms with Crippen molar-refractivity contribution in [2.24, 2.45) is 0 Å². The number of ether oxygens (including phenoxy) is 2. The summed E-state index contributed by atoms with van der Waals surface area (Å²) in [5.74, 6) is 2.67. The first-order chi connectivity index (χ1) is 15.2. The molecule has 1 aliphatic rings. The number of nitrogens with zero attached hydrogens (tertiary/aromatic N) is 4. The monoisotopic (exact) mass is 412 g/mol. The lowest BCUT2D eigenvalue weighted by Gasteiger charge is -2.27. The van der Waals surface area contributed by atoms with Gasteiger partial charge in [-0.05, 0) is 35.9 Å². The Morgan fingerprint density at radius 3 is 2.74 bits per heavy atom.